The van der Waals surface area contributed by atoms with Gasteiger partial charge < -0.3 is 27.2 Å². The summed E-state index contributed by atoms with van der Waals surface area (Å²) >= 11 is 3.50. The minimum absolute atomic E-state index is 0. The van der Waals surface area contributed by atoms with E-state index >= 15 is 0 Å². The molecule has 2 aromatic carbocycles. The number of methoxy groups -OCH3 is 1. The molecule has 0 radical (unpaired) electrons. The van der Waals surface area contributed by atoms with Crippen LogP contribution in [0.2, 0.25) is 0 Å². The summed E-state index contributed by atoms with van der Waals surface area (Å²) in [6.07, 6.45) is 0. The molecule has 0 aliphatic heterocycles. The van der Waals surface area contributed by atoms with Gasteiger partial charge in [-0.2, -0.15) is 0 Å². The Labute approximate surface area is 146 Å². The lowest BCUT2D eigenvalue weighted by Gasteiger charge is -2.12. The van der Waals surface area contributed by atoms with Gasteiger partial charge in [0.25, 0.3) is 0 Å². The number of hydrogen-bond acceptors (Lipinski definition) is 3. The summed E-state index contributed by atoms with van der Waals surface area (Å²) < 4.78 is 11.9. The summed E-state index contributed by atoms with van der Waals surface area (Å²) in [5.41, 5.74) is 2.38. The number of halogens is 2. The summed E-state index contributed by atoms with van der Waals surface area (Å²) in [7, 11) is 1.68. The van der Waals surface area contributed by atoms with Crippen LogP contribution in [0.3, 0.4) is 0 Å². The lowest BCUT2D eigenvalue weighted by molar-refractivity contribution is -0.00000505. The van der Waals surface area contributed by atoms with Crippen molar-refractivity contribution in [2.45, 2.75) is 20.0 Å². The Morgan fingerprint density at radius 1 is 1.05 bits per heavy atom. The van der Waals surface area contributed by atoms with Crippen LogP contribution in [0.1, 0.15) is 18.1 Å². The second kappa shape index (κ2) is 9.72. The van der Waals surface area contributed by atoms with Crippen LogP contribution >= 0.6 is 15.9 Å². The Bertz CT molecular complexity index is 575. The normalized spacial score (nSPS) is 9.95. The van der Waals surface area contributed by atoms with Crippen LogP contribution in [0.5, 0.6) is 11.5 Å². The van der Waals surface area contributed by atoms with Gasteiger partial charge in [-0.1, -0.05) is 28.1 Å². The molecule has 2 aromatic rings. The Morgan fingerprint density at radius 2 is 1.77 bits per heavy atom. The molecule has 0 amide bonds. The van der Waals surface area contributed by atoms with Crippen molar-refractivity contribution in [2.75, 3.05) is 13.7 Å². The fraction of sp³-hybridized carbons (Fsp3) is 0.294. The van der Waals surface area contributed by atoms with Gasteiger partial charge in [0.05, 0.1) is 13.7 Å². The molecule has 0 fully saturated rings. The summed E-state index contributed by atoms with van der Waals surface area (Å²) in [5.74, 6) is 1.81. The van der Waals surface area contributed by atoms with E-state index in [-0.39, 0.29) is 12.4 Å². The van der Waals surface area contributed by atoms with Gasteiger partial charge in [-0.3, -0.25) is 0 Å². The van der Waals surface area contributed by atoms with Crippen molar-refractivity contribution >= 4 is 15.9 Å². The number of nitrogens with one attached hydrogen (secondary N) is 1. The Balaban J connectivity index is 0.00000242. The average molecular weight is 386 g/mol. The van der Waals surface area contributed by atoms with E-state index in [9.17, 15) is 0 Å². The molecular formula is C17H20BrClNO2-. The van der Waals surface area contributed by atoms with Crippen LogP contribution in [0.4, 0.5) is 0 Å². The smallest absolute Gasteiger partial charge is 0.123 e. The highest BCUT2D eigenvalue weighted by Crippen LogP contribution is 2.23. The summed E-state index contributed by atoms with van der Waals surface area (Å²) in [6.45, 7) is 4.24. The van der Waals surface area contributed by atoms with Gasteiger partial charge in [-0.05, 0) is 42.8 Å². The number of ether oxygens (including phenoxy) is 2. The van der Waals surface area contributed by atoms with E-state index in [4.69, 9.17) is 9.47 Å². The number of hydrogen-bond donors (Lipinski definition) is 1. The topological polar surface area (TPSA) is 30.5 Å². The maximum atomic E-state index is 5.65. The van der Waals surface area contributed by atoms with Crippen molar-refractivity contribution in [2.24, 2.45) is 0 Å². The highest BCUT2D eigenvalue weighted by Gasteiger charge is 2.04. The van der Waals surface area contributed by atoms with E-state index < -0.39 is 0 Å². The van der Waals surface area contributed by atoms with Crippen molar-refractivity contribution in [3.63, 3.8) is 0 Å². The molecule has 0 aliphatic carbocycles. The van der Waals surface area contributed by atoms with Crippen molar-refractivity contribution in [3.05, 3.63) is 58.1 Å². The molecule has 3 nitrogen and oxygen atoms in total. The molecule has 120 valence electrons. The van der Waals surface area contributed by atoms with E-state index in [1.165, 1.54) is 5.56 Å². The lowest BCUT2D eigenvalue weighted by Crippen LogP contribution is -3.00. The number of rotatable bonds is 7. The molecule has 0 saturated heterocycles. The van der Waals surface area contributed by atoms with E-state index in [1.54, 1.807) is 7.11 Å². The monoisotopic (exact) mass is 384 g/mol. The fourth-order valence-corrected chi connectivity index (χ4v) is 2.48. The summed E-state index contributed by atoms with van der Waals surface area (Å²) in [4.78, 5) is 0. The molecule has 0 heterocycles. The third kappa shape index (κ3) is 5.52. The fourth-order valence-electron chi connectivity index (χ4n) is 2.07. The molecule has 0 aromatic heterocycles. The minimum atomic E-state index is 0. The molecule has 0 spiro atoms. The molecule has 2 rings (SSSR count). The second-order valence-electron chi connectivity index (χ2n) is 4.64. The van der Waals surface area contributed by atoms with Crippen LogP contribution in [0.25, 0.3) is 0 Å². The van der Waals surface area contributed by atoms with Crippen LogP contribution in [0.15, 0.2) is 46.9 Å². The maximum absolute atomic E-state index is 5.65. The molecule has 1 N–H and O–H groups in total. The Kier molecular flexibility index (Phi) is 8.31. The summed E-state index contributed by atoms with van der Waals surface area (Å²) in [6, 6.07) is 14.2. The molecule has 0 bridgehead atoms. The first-order chi connectivity index (χ1) is 10.2. The van der Waals surface area contributed by atoms with Gasteiger partial charge in [0.2, 0.25) is 0 Å². The first-order valence-corrected chi connectivity index (χ1v) is 7.77. The van der Waals surface area contributed by atoms with E-state index in [0.717, 1.165) is 34.6 Å². The SMILES string of the molecule is CCOc1ccc(Br)cc1CNCc1ccc(OC)cc1.[Cl-]. The molecule has 0 atom stereocenters. The standard InChI is InChI=1S/C17H20BrNO2.ClH/c1-3-21-17-9-6-15(18)10-14(17)12-19-11-13-4-7-16(20-2)8-5-13;/h4-10,19H,3,11-12H2,1-2H3;1H/p-1. The molecule has 5 heteroatoms. The van der Waals surface area contributed by atoms with Crippen molar-refractivity contribution in [1.29, 1.82) is 0 Å². The van der Waals surface area contributed by atoms with Crippen LogP contribution in [-0.2, 0) is 13.1 Å². The maximum Gasteiger partial charge on any atom is 0.123 e. The predicted octanol–water partition coefficient (Wildman–Crippen LogP) is 1.15. The largest absolute Gasteiger partial charge is 1.00 e. The van der Waals surface area contributed by atoms with Crippen molar-refractivity contribution in [3.8, 4) is 11.5 Å². The average Bonchev–Trinajstić information content (AvgIpc) is 2.51. The highest BCUT2D eigenvalue weighted by molar-refractivity contribution is 9.10. The molecular weight excluding hydrogens is 366 g/mol. The molecule has 0 saturated carbocycles. The van der Waals surface area contributed by atoms with Gasteiger partial charge in [0.15, 0.2) is 0 Å². The van der Waals surface area contributed by atoms with E-state index in [2.05, 4.69) is 39.4 Å². The molecule has 0 aliphatic rings. The Hall–Kier alpha value is -1.23. The van der Waals surface area contributed by atoms with Gasteiger partial charge in [0.1, 0.15) is 11.5 Å². The lowest BCUT2D eigenvalue weighted by atomic mass is 10.2. The first-order valence-electron chi connectivity index (χ1n) is 6.97. The van der Waals surface area contributed by atoms with E-state index in [0.29, 0.717) is 6.61 Å². The molecule has 0 unspecified atom stereocenters. The zero-order valence-corrected chi connectivity index (χ0v) is 15.1. The zero-order chi connectivity index (χ0) is 15.1. The van der Waals surface area contributed by atoms with E-state index in [1.807, 2.05) is 31.2 Å². The number of benzene rings is 2. The zero-order valence-electron chi connectivity index (χ0n) is 12.7. The highest BCUT2D eigenvalue weighted by atomic mass is 79.9. The Morgan fingerprint density at radius 3 is 2.41 bits per heavy atom. The third-order valence-electron chi connectivity index (χ3n) is 3.13. The predicted molar refractivity (Wildman–Crippen MR) is 88.8 cm³/mol. The van der Waals surface area contributed by atoms with Crippen molar-refractivity contribution < 1.29 is 21.9 Å². The van der Waals surface area contributed by atoms with Gasteiger partial charge in [-0.15, -0.1) is 0 Å². The van der Waals surface area contributed by atoms with Crippen LogP contribution < -0.4 is 27.2 Å². The van der Waals surface area contributed by atoms with Gasteiger partial charge in [0, 0.05) is 23.1 Å². The van der Waals surface area contributed by atoms with Crippen LogP contribution in [0, 0.1) is 0 Å². The second-order valence-corrected chi connectivity index (χ2v) is 5.55. The van der Waals surface area contributed by atoms with Gasteiger partial charge in [-0.25, -0.2) is 0 Å². The minimum Gasteiger partial charge on any atom is -1.00 e. The summed E-state index contributed by atoms with van der Waals surface area (Å²) in [5, 5.41) is 3.44. The first kappa shape index (κ1) is 18.8. The molecule has 22 heavy (non-hydrogen) atoms. The third-order valence-corrected chi connectivity index (χ3v) is 3.62. The van der Waals surface area contributed by atoms with Crippen molar-refractivity contribution in [1.82, 2.24) is 5.32 Å². The van der Waals surface area contributed by atoms with Gasteiger partial charge >= 0.3 is 0 Å². The van der Waals surface area contributed by atoms with Crippen LogP contribution in [-0.4, -0.2) is 13.7 Å². The quantitative estimate of drug-likeness (QED) is 0.776.